The van der Waals surface area contributed by atoms with Crippen LogP contribution in [-0.4, -0.2) is 4.92 Å². The van der Waals surface area contributed by atoms with Crippen molar-refractivity contribution in [1.29, 1.82) is 5.26 Å². The van der Waals surface area contributed by atoms with Crippen molar-refractivity contribution in [3.8, 4) is 6.07 Å². The van der Waals surface area contributed by atoms with Crippen molar-refractivity contribution in [3.05, 3.63) is 67.7 Å². The van der Waals surface area contributed by atoms with Gasteiger partial charge in [0.2, 0.25) is 0 Å². The molecule has 0 saturated heterocycles. The third-order valence-corrected chi connectivity index (χ3v) is 3.59. The normalized spacial score (nSPS) is 9.95. The molecule has 0 aliphatic heterocycles. The Balaban J connectivity index is 2.28. The van der Waals surface area contributed by atoms with Crippen LogP contribution in [0.25, 0.3) is 0 Å². The Labute approximate surface area is 130 Å². The van der Waals surface area contributed by atoms with E-state index in [1.54, 1.807) is 18.2 Å². The molecule has 0 saturated carbocycles. The fourth-order valence-electron chi connectivity index (χ4n) is 2.01. The van der Waals surface area contributed by atoms with Crippen molar-refractivity contribution in [2.75, 3.05) is 5.32 Å². The topological polar surface area (TPSA) is 79.0 Å². The summed E-state index contributed by atoms with van der Waals surface area (Å²) in [5.41, 5.74) is 2.71. The second-order valence-electron chi connectivity index (χ2n) is 4.49. The van der Waals surface area contributed by atoms with E-state index in [1.165, 1.54) is 6.07 Å². The smallest absolute Gasteiger partial charge is 0.275 e. The Morgan fingerprint density at radius 3 is 2.81 bits per heavy atom. The number of rotatable bonds is 4. The van der Waals surface area contributed by atoms with E-state index < -0.39 is 4.92 Å². The van der Waals surface area contributed by atoms with Crippen molar-refractivity contribution in [2.45, 2.75) is 13.5 Å². The lowest BCUT2D eigenvalue weighted by atomic mass is 10.1. The molecule has 0 radical (unpaired) electrons. The van der Waals surface area contributed by atoms with E-state index in [2.05, 4.69) is 27.3 Å². The number of nitro groups is 1. The van der Waals surface area contributed by atoms with Gasteiger partial charge in [-0.1, -0.05) is 28.1 Å². The number of aryl methyl sites for hydroxylation is 1. The summed E-state index contributed by atoms with van der Waals surface area (Å²) in [6, 6.07) is 12.5. The van der Waals surface area contributed by atoms with Gasteiger partial charge in [-0.05, 0) is 30.7 Å². The van der Waals surface area contributed by atoms with Crippen LogP contribution >= 0.6 is 15.9 Å². The number of nitrogens with zero attached hydrogens (tertiary/aromatic N) is 2. The van der Waals surface area contributed by atoms with Gasteiger partial charge in [0.15, 0.2) is 0 Å². The number of anilines is 1. The Bertz CT molecular complexity index is 738. The van der Waals surface area contributed by atoms with E-state index in [0.29, 0.717) is 21.3 Å². The number of nitro benzene ring substituents is 1. The van der Waals surface area contributed by atoms with E-state index in [0.717, 1.165) is 5.56 Å². The largest absolute Gasteiger partial charge is 0.380 e. The lowest BCUT2D eigenvalue weighted by Crippen LogP contribution is -2.05. The van der Waals surface area contributed by atoms with Crippen molar-refractivity contribution in [3.63, 3.8) is 0 Å². The number of nitrogens with one attached hydrogen (secondary N) is 1. The number of hydrogen-bond donors (Lipinski definition) is 1. The van der Waals surface area contributed by atoms with Crippen LogP contribution in [0.15, 0.2) is 40.9 Å². The molecule has 0 unspecified atom stereocenters. The first-order chi connectivity index (χ1) is 10.0. The molecule has 0 spiro atoms. The van der Waals surface area contributed by atoms with Gasteiger partial charge in [0.1, 0.15) is 6.07 Å². The number of benzene rings is 2. The van der Waals surface area contributed by atoms with Gasteiger partial charge in [-0.3, -0.25) is 10.1 Å². The predicted molar refractivity (Wildman–Crippen MR) is 84.0 cm³/mol. The molecule has 2 rings (SSSR count). The monoisotopic (exact) mass is 345 g/mol. The van der Waals surface area contributed by atoms with Crippen LogP contribution in [0.3, 0.4) is 0 Å². The minimum atomic E-state index is -0.413. The highest BCUT2D eigenvalue weighted by Crippen LogP contribution is 2.25. The molecule has 5 nitrogen and oxygen atoms in total. The molecule has 0 aliphatic carbocycles. The molecule has 0 bridgehead atoms. The molecular formula is C15H12BrN3O2. The van der Waals surface area contributed by atoms with Crippen LogP contribution in [0.1, 0.15) is 16.7 Å². The summed E-state index contributed by atoms with van der Waals surface area (Å²) in [6.45, 7) is 2.13. The van der Waals surface area contributed by atoms with Gasteiger partial charge < -0.3 is 5.32 Å². The SMILES string of the molecule is Cc1cccc(NCc2ccc(Br)cc2[N+](=O)[O-])c1C#N. The minimum absolute atomic E-state index is 0.0445. The number of hydrogen-bond acceptors (Lipinski definition) is 4. The standard InChI is InChI=1S/C15H12BrN3O2/c1-10-3-2-4-14(13(10)8-17)18-9-11-5-6-12(16)7-15(11)19(20)21/h2-7,18H,9H2,1H3. The molecule has 21 heavy (non-hydrogen) atoms. The highest BCUT2D eigenvalue weighted by Gasteiger charge is 2.14. The fraction of sp³-hybridized carbons (Fsp3) is 0.133. The van der Waals surface area contributed by atoms with E-state index >= 15 is 0 Å². The summed E-state index contributed by atoms with van der Waals surface area (Å²) in [7, 11) is 0. The third kappa shape index (κ3) is 3.38. The van der Waals surface area contributed by atoms with Gasteiger partial charge in [0, 0.05) is 22.6 Å². The molecule has 0 atom stereocenters. The Morgan fingerprint density at radius 2 is 2.14 bits per heavy atom. The zero-order valence-electron chi connectivity index (χ0n) is 11.3. The molecule has 0 heterocycles. The molecular weight excluding hydrogens is 334 g/mol. The summed E-state index contributed by atoms with van der Waals surface area (Å²) < 4.78 is 0.659. The first kappa shape index (κ1) is 15.0. The number of halogens is 1. The quantitative estimate of drug-likeness (QED) is 0.666. The van der Waals surface area contributed by atoms with Crippen LogP contribution in [0.4, 0.5) is 11.4 Å². The van der Waals surface area contributed by atoms with Gasteiger partial charge in [0.25, 0.3) is 5.69 Å². The average molecular weight is 346 g/mol. The third-order valence-electron chi connectivity index (χ3n) is 3.10. The van der Waals surface area contributed by atoms with Crippen LogP contribution < -0.4 is 5.32 Å². The highest BCUT2D eigenvalue weighted by molar-refractivity contribution is 9.10. The van der Waals surface area contributed by atoms with E-state index in [9.17, 15) is 15.4 Å². The molecule has 0 amide bonds. The maximum Gasteiger partial charge on any atom is 0.275 e. The van der Waals surface area contributed by atoms with Gasteiger partial charge in [-0.15, -0.1) is 0 Å². The average Bonchev–Trinajstić information content (AvgIpc) is 2.45. The Morgan fingerprint density at radius 1 is 1.38 bits per heavy atom. The first-order valence-corrected chi connectivity index (χ1v) is 6.98. The summed E-state index contributed by atoms with van der Waals surface area (Å²) in [5, 5.41) is 23.3. The lowest BCUT2D eigenvalue weighted by Gasteiger charge is -2.10. The number of nitriles is 1. The molecule has 1 N–H and O–H groups in total. The van der Waals surface area contributed by atoms with E-state index in [1.807, 2.05) is 19.1 Å². The Kier molecular flexibility index (Phi) is 4.55. The van der Waals surface area contributed by atoms with E-state index in [4.69, 9.17) is 0 Å². The van der Waals surface area contributed by atoms with Crippen molar-refractivity contribution in [1.82, 2.24) is 0 Å². The molecule has 0 aromatic heterocycles. The van der Waals surface area contributed by atoms with Crippen LogP contribution in [0, 0.1) is 28.4 Å². The fourth-order valence-corrected chi connectivity index (χ4v) is 2.36. The molecule has 0 fully saturated rings. The summed E-state index contributed by atoms with van der Waals surface area (Å²) >= 11 is 3.23. The molecule has 106 valence electrons. The summed E-state index contributed by atoms with van der Waals surface area (Å²) in [6.07, 6.45) is 0. The van der Waals surface area contributed by atoms with Crippen LogP contribution in [0.5, 0.6) is 0 Å². The maximum absolute atomic E-state index is 11.1. The molecule has 2 aromatic rings. The highest BCUT2D eigenvalue weighted by atomic mass is 79.9. The van der Waals surface area contributed by atoms with Crippen molar-refractivity contribution < 1.29 is 4.92 Å². The summed E-state index contributed by atoms with van der Waals surface area (Å²) in [5.74, 6) is 0. The second kappa shape index (κ2) is 6.37. The van der Waals surface area contributed by atoms with Gasteiger partial charge in [-0.25, -0.2) is 0 Å². The van der Waals surface area contributed by atoms with Gasteiger partial charge >= 0.3 is 0 Å². The maximum atomic E-state index is 11.1. The van der Waals surface area contributed by atoms with Gasteiger partial charge in [0.05, 0.1) is 16.2 Å². The first-order valence-electron chi connectivity index (χ1n) is 6.19. The zero-order chi connectivity index (χ0) is 15.4. The predicted octanol–water partition coefficient (Wildman–Crippen LogP) is 4.15. The Hall–Kier alpha value is -2.39. The lowest BCUT2D eigenvalue weighted by molar-refractivity contribution is -0.385. The summed E-state index contributed by atoms with van der Waals surface area (Å²) in [4.78, 5) is 10.7. The zero-order valence-corrected chi connectivity index (χ0v) is 12.8. The molecule has 2 aromatic carbocycles. The van der Waals surface area contributed by atoms with E-state index in [-0.39, 0.29) is 12.2 Å². The van der Waals surface area contributed by atoms with Crippen LogP contribution in [-0.2, 0) is 6.54 Å². The van der Waals surface area contributed by atoms with Crippen LogP contribution in [0.2, 0.25) is 0 Å². The van der Waals surface area contributed by atoms with Crippen molar-refractivity contribution in [2.24, 2.45) is 0 Å². The minimum Gasteiger partial charge on any atom is -0.380 e. The van der Waals surface area contributed by atoms with Gasteiger partial charge in [-0.2, -0.15) is 5.26 Å². The van der Waals surface area contributed by atoms with Crippen molar-refractivity contribution >= 4 is 27.3 Å². The molecule has 0 aliphatic rings. The molecule has 6 heteroatoms. The second-order valence-corrected chi connectivity index (χ2v) is 5.41.